The van der Waals surface area contributed by atoms with Gasteiger partial charge in [0.05, 0.1) is 18.2 Å². The first-order valence-corrected chi connectivity index (χ1v) is 15.7. The summed E-state index contributed by atoms with van der Waals surface area (Å²) in [6.07, 6.45) is 1.47. The van der Waals surface area contributed by atoms with E-state index in [9.17, 15) is 29.1 Å². The van der Waals surface area contributed by atoms with Crippen molar-refractivity contribution < 1.29 is 43.3 Å². The predicted octanol–water partition coefficient (Wildman–Crippen LogP) is 2.21. The smallest absolute Gasteiger partial charge is 0.409 e. The number of benzene rings is 1. The van der Waals surface area contributed by atoms with Crippen molar-refractivity contribution in [2.75, 3.05) is 59.6 Å². The number of aromatic nitrogens is 1. The zero-order valence-electron chi connectivity index (χ0n) is 26.7. The van der Waals surface area contributed by atoms with E-state index in [-0.39, 0.29) is 69.1 Å². The monoisotopic (exact) mass is 641 g/mol. The second-order valence-corrected chi connectivity index (χ2v) is 11.5. The van der Waals surface area contributed by atoms with Gasteiger partial charge in [-0.1, -0.05) is 19.4 Å². The van der Waals surface area contributed by atoms with Gasteiger partial charge in [0.15, 0.2) is 6.61 Å². The van der Waals surface area contributed by atoms with Crippen molar-refractivity contribution in [3.63, 3.8) is 0 Å². The van der Waals surface area contributed by atoms with Crippen molar-refractivity contribution in [3.05, 3.63) is 35.5 Å². The SMILES string of the molecule is CCCCOC(=O)N1CCN(C(=O)[C@H](CCC(=O)O)NC(=O)c2cc(OCC(=O)N3CCC(OC)C3)c3ccc(C)cc3n2)CC1. The third-order valence-electron chi connectivity index (χ3n) is 8.17. The second kappa shape index (κ2) is 16.2. The molecule has 46 heavy (non-hydrogen) atoms. The standard InChI is InChI=1S/C32H43N5O9/c1-4-5-16-45-32(43)36-14-12-35(13-15-36)31(42)24(8-9-29(39)40)34-30(41)26-18-27(23-7-6-21(2)17-25(23)33-26)46-20-28(38)37-11-10-22(19-37)44-3/h6-7,17-18,22,24H,4-5,8-16,19-20H2,1-3H3,(H,34,41)(H,39,40)/t22?,24-/m0/s1. The van der Waals surface area contributed by atoms with Crippen molar-refractivity contribution in [1.29, 1.82) is 0 Å². The Bertz CT molecular complexity index is 1430. The van der Waals surface area contributed by atoms with Crippen LogP contribution >= 0.6 is 0 Å². The molecule has 2 aliphatic rings. The Hall–Kier alpha value is -4.46. The van der Waals surface area contributed by atoms with Crippen LogP contribution in [-0.4, -0.2) is 126 Å². The molecule has 2 aromatic rings. The van der Waals surface area contributed by atoms with Crippen LogP contribution in [0.15, 0.2) is 24.3 Å². The first-order valence-electron chi connectivity index (χ1n) is 15.7. The number of carboxylic acid groups (broad SMARTS) is 1. The number of rotatable bonds is 13. The highest BCUT2D eigenvalue weighted by Crippen LogP contribution is 2.27. The number of amides is 4. The van der Waals surface area contributed by atoms with E-state index in [1.807, 2.05) is 19.9 Å². The molecular formula is C32H43N5O9. The van der Waals surface area contributed by atoms with E-state index in [0.717, 1.165) is 24.8 Å². The van der Waals surface area contributed by atoms with Crippen LogP contribution in [0.3, 0.4) is 0 Å². The molecule has 2 N–H and O–H groups in total. The van der Waals surface area contributed by atoms with Crippen molar-refractivity contribution in [2.45, 2.75) is 58.1 Å². The molecule has 3 heterocycles. The van der Waals surface area contributed by atoms with Crippen LogP contribution in [0.4, 0.5) is 4.79 Å². The van der Waals surface area contributed by atoms with Crippen molar-refractivity contribution >= 4 is 40.7 Å². The first kappa shape index (κ1) is 34.4. The molecule has 2 fully saturated rings. The number of pyridine rings is 1. The molecular weight excluding hydrogens is 598 g/mol. The predicted molar refractivity (Wildman–Crippen MR) is 167 cm³/mol. The van der Waals surface area contributed by atoms with Gasteiger partial charge in [-0.2, -0.15) is 0 Å². The lowest BCUT2D eigenvalue weighted by molar-refractivity contribution is -0.138. The molecule has 0 spiro atoms. The lowest BCUT2D eigenvalue weighted by Crippen LogP contribution is -2.56. The van der Waals surface area contributed by atoms with Crippen LogP contribution in [0.2, 0.25) is 0 Å². The van der Waals surface area contributed by atoms with Gasteiger partial charge < -0.3 is 39.3 Å². The van der Waals surface area contributed by atoms with Crippen LogP contribution < -0.4 is 10.1 Å². The summed E-state index contributed by atoms with van der Waals surface area (Å²) in [5.74, 6) is -2.19. The van der Waals surface area contributed by atoms with Crippen LogP contribution in [-0.2, 0) is 23.9 Å². The van der Waals surface area contributed by atoms with E-state index in [1.54, 1.807) is 24.1 Å². The van der Waals surface area contributed by atoms with Gasteiger partial charge in [-0.15, -0.1) is 0 Å². The van der Waals surface area contributed by atoms with E-state index in [0.29, 0.717) is 30.6 Å². The lowest BCUT2D eigenvalue weighted by atomic mass is 10.1. The number of unbranched alkanes of at least 4 members (excludes halogenated alkanes) is 1. The van der Waals surface area contributed by atoms with E-state index in [1.165, 1.54) is 15.9 Å². The van der Waals surface area contributed by atoms with Crippen LogP contribution in [0.25, 0.3) is 10.9 Å². The number of carboxylic acids is 1. The lowest BCUT2D eigenvalue weighted by Gasteiger charge is -2.36. The highest BCUT2D eigenvalue weighted by Gasteiger charge is 2.32. The van der Waals surface area contributed by atoms with Crippen LogP contribution in [0.1, 0.15) is 55.1 Å². The highest BCUT2D eigenvalue weighted by atomic mass is 16.6. The van der Waals surface area contributed by atoms with Crippen molar-refractivity contribution in [2.24, 2.45) is 0 Å². The number of aliphatic carboxylic acids is 1. The number of carbonyl (C=O) groups is 5. The largest absolute Gasteiger partial charge is 0.483 e. The fourth-order valence-electron chi connectivity index (χ4n) is 5.40. The Morgan fingerprint density at radius 2 is 1.78 bits per heavy atom. The molecule has 4 rings (SSSR count). The summed E-state index contributed by atoms with van der Waals surface area (Å²) in [4.78, 5) is 72.8. The third-order valence-corrected chi connectivity index (χ3v) is 8.17. The number of hydrogen-bond donors (Lipinski definition) is 2. The highest BCUT2D eigenvalue weighted by molar-refractivity contribution is 5.99. The minimum atomic E-state index is -1.14. The van der Waals surface area contributed by atoms with E-state index >= 15 is 0 Å². The maximum absolute atomic E-state index is 13.5. The molecule has 14 nitrogen and oxygen atoms in total. The van der Waals surface area contributed by atoms with Gasteiger partial charge in [-0.05, 0) is 43.9 Å². The molecule has 0 saturated carbocycles. The first-order chi connectivity index (χ1) is 22.1. The molecule has 0 bridgehead atoms. The molecule has 1 unspecified atom stereocenters. The topological polar surface area (TPSA) is 168 Å². The number of likely N-dealkylation sites (tertiary alicyclic amines) is 1. The molecule has 14 heteroatoms. The minimum Gasteiger partial charge on any atom is -0.483 e. The molecule has 2 saturated heterocycles. The van der Waals surface area contributed by atoms with Crippen molar-refractivity contribution in [1.82, 2.24) is 25.0 Å². The number of nitrogens with one attached hydrogen (secondary N) is 1. The molecule has 2 atom stereocenters. The Labute approximate surface area is 267 Å². The quantitative estimate of drug-likeness (QED) is 0.310. The molecule has 4 amide bonds. The van der Waals surface area contributed by atoms with E-state index < -0.39 is 29.9 Å². The maximum Gasteiger partial charge on any atom is 0.409 e. The average Bonchev–Trinajstić information content (AvgIpc) is 3.54. The number of hydrogen-bond acceptors (Lipinski definition) is 9. The van der Waals surface area contributed by atoms with Gasteiger partial charge in [0, 0.05) is 64.3 Å². The fraction of sp³-hybridized carbons (Fsp3) is 0.562. The third kappa shape index (κ3) is 9.05. The van der Waals surface area contributed by atoms with Crippen molar-refractivity contribution in [3.8, 4) is 5.75 Å². The van der Waals surface area contributed by atoms with E-state index in [2.05, 4.69) is 10.3 Å². The molecule has 1 aromatic heterocycles. The normalized spacial score (nSPS) is 17.1. The van der Waals surface area contributed by atoms with Gasteiger partial charge in [0.25, 0.3) is 11.8 Å². The fourth-order valence-corrected chi connectivity index (χ4v) is 5.40. The summed E-state index contributed by atoms with van der Waals surface area (Å²) < 4.78 is 16.5. The zero-order valence-corrected chi connectivity index (χ0v) is 26.7. The average molecular weight is 642 g/mol. The molecule has 0 aliphatic carbocycles. The summed E-state index contributed by atoms with van der Waals surface area (Å²) in [6, 6.07) is 5.73. The summed E-state index contributed by atoms with van der Waals surface area (Å²) in [7, 11) is 1.61. The number of carbonyl (C=O) groups excluding carboxylic acids is 4. The van der Waals surface area contributed by atoms with Gasteiger partial charge in [0.1, 0.15) is 17.5 Å². The van der Waals surface area contributed by atoms with Gasteiger partial charge in [0.2, 0.25) is 5.91 Å². The second-order valence-electron chi connectivity index (χ2n) is 11.5. The Balaban J connectivity index is 1.47. The van der Waals surface area contributed by atoms with E-state index in [4.69, 9.17) is 14.2 Å². The number of nitrogens with zero attached hydrogens (tertiary/aromatic N) is 4. The number of methoxy groups -OCH3 is 1. The Kier molecular flexibility index (Phi) is 12.1. The number of piperazine rings is 1. The summed E-state index contributed by atoms with van der Waals surface area (Å²) >= 11 is 0. The Morgan fingerprint density at radius 3 is 2.46 bits per heavy atom. The summed E-state index contributed by atoms with van der Waals surface area (Å²) in [6.45, 7) is 5.93. The molecule has 2 aliphatic heterocycles. The van der Waals surface area contributed by atoms with Gasteiger partial charge >= 0.3 is 12.1 Å². The van der Waals surface area contributed by atoms with Crippen LogP contribution in [0, 0.1) is 6.92 Å². The number of aryl methyl sites for hydroxylation is 1. The van der Waals surface area contributed by atoms with Gasteiger partial charge in [-0.25, -0.2) is 9.78 Å². The number of fused-ring (bicyclic) bond motifs is 1. The zero-order chi connectivity index (χ0) is 33.2. The summed E-state index contributed by atoms with van der Waals surface area (Å²) in [5.41, 5.74) is 1.31. The summed E-state index contributed by atoms with van der Waals surface area (Å²) in [5, 5.41) is 12.6. The Morgan fingerprint density at radius 1 is 1.04 bits per heavy atom. The molecule has 1 aromatic carbocycles. The number of ether oxygens (including phenoxy) is 3. The maximum atomic E-state index is 13.5. The van der Waals surface area contributed by atoms with Crippen LogP contribution in [0.5, 0.6) is 5.75 Å². The molecule has 0 radical (unpaired) electrons. The minimum absolute atomic E-state index is 0.0170. The molecule has 250 valence electrons. The van der Waals surface area contributed by atoms with Gasteiger partial charge in [-0.3, -0.25) is 19.2 Å².